The third-order valence-electron chi connectivity index (χ3n) is 4.15. The first kappa shape index (κ1) is 11.2. The van der Waals surface area contributed by atoms with Crippen molar-refractivity contribution in [3.05, 3.63) is 18.0 Å². The second-order valence-electron chi connectivity index (χ2n) is 5.57. The van der Waals surface area contributed by atoms with Crippen LogP contribution in [0.2, 0.25) is 0 Å². The van der Waals surface area contributed by atoms with Crippen molar-refractivity contribution in [3.63, 3.8) is 0 Å². The SMILES string of the molecule is CCn1cc(C2(O)CC(C)N(C3CC3)C2)cn1. The summed E-state index contributed by atoms with van der Waals surface area (Å²) >= 11 is 0. The molecular weight excluding hydrogens is 214 g/mol. The summed E-state index contributed by atoms with van der Waals surface area (Å²) in [6.07, 6.45) is 7.25. The quantitative estimate of drug-likeness (QED) is 0.859. The fourth-order valence-electron chi connectivity index (χ4n) is 3.01. The van der Waals surface area contributed by atoms with E-state index in [1.807, 2.05) is 17.1 Å². The molecule has 1 saturated carbocycles. The maximum atomic E-state index is 10.8. The van der Waals surface area contributed by atoms with Crippen molar-refractivity contribution >= 4 is 0 Å². The Hall–Kier alpha value is -0.870. The molecule has 2 aliphatic rings. The summed E-state index contributed by atoms with van der Waals surface area (Å²) < 4.78 is 1.89. The minimum absolute atomic E-state index is 0.484. The molecule has 0 amide bonds. The zero-order valence-electron chi connectivity index (χ0n) is 10.6. The van der Waals surface area contributed by atoms with E-state index < -0.39 is 5.60 Å². The number of rotatable bonds is 3. The smallest absolute Gasteiger partial charge is 0.107 e. The second kappa shape index (κ2) is 3.82. The number of aryl methyl sites for hydroxylation is 1. The average Bonchev–Trinajstić information content (AvgIpc) is 2.92. The van der Waals surface area contributed by atoms with Crippen LogP contribution in [-0.2, 0) is 12.1 Å². The molecule has 0 spiro atoms. The number of likely N-dealkylation sites (tertiary alicyclic amines) is 1. The summed E-state index contributed by atoms with van der Waals surface area (Å²) in [5.41, 5.74) is 0.296. The Morgan fingerprint density at radius 1 is 1.53 bits per heavy atom. The number of β-amino-alcohol motifs (C(OH)–C–C–N with tert-alkyl or cyclic N) is 1. The summed E-state index contributed by atoms with van der Waals surface area (Å²) in [6.45, 7) is 5.92. The molecule has 2 fully saturated rings. The predicted octanol–water partition coefficient (Wildman–Crippen LogP) is 1.35. The van der Waals surface area contributed by atoms with Crippen LogP contribution in [0, 0.1) is 0 Å². The first-order valence-electron chi connectivity index (χ1n) is 6.63. The van der Waals surface area contributed by atoms with Crippen molar-refractivity contribution in [2.24, 2.45) is 0 Å². The summed E-state index contributed by atoms with van der Waals surface area (Å²) in [4.78, 5) is 2.46. The van der Waals surface area contributed by atoms with Gasteiger partial charge in [-0.2, -0.15) is 5.10 Å². The van der Waals surface area contributed by atoms with Crippen LogP contribution in [0.15, 0.2) is 12.4 Å². The Kier molecular flexibility index (Phi) is 2.52. The van der Waals surface area contributed by atoms with Crippen molar-refractivity contribution in [1.82, 2.24) is 14.7 Å². The molecular formula is C13H21N3O. The molecule has 1 saturated heterocycles. The van der Waals surface area contributed by atoms with Crippen molar-refractivity contribution in [2.45, 2.75) is 57.3 Å². The van der Waals surface area contributed by atoms with Gasteiger partial charge >= 0.3 is 0 Å². The lowest BCUT2D eigenvalue weighted by Gasteiger charge is -2.22. The molecule has 1 aliphatic heterocycles. The fraction of sp³-hybridized carbons (Fsp3) is 0.769. The lowest BCUT2D eigenvalue weighted by molar-refractivity contribution is 0.0451. The number of hydrogen-bond acceptors (Lipinski definition) is 3. The maximum Gasteiger partial charge on any atom is 0.107 e. The van der Waals surface area contributed by atoms with E-state index in [-0.39, 0.29) is 0 Å². The van der Waals surface area contributed by atoms with Crippen LogP contribution in [0.3, 0.4) is 0 Å². The monoisotopic (exact) mass is 235 g/mol. The first-order valence-corrected chi connectivity index (χ1v) is 6.63. The van der Waals surface area contributed by atoms with Crippen molar-refractivity contribution in [2.75, 3.05) is 6.54 Å². The number of aliphatic hydroxyl groups is 1. The summed E-state index contributed by atoms with van der Waals surface area (Å²) in [6, 6.07) is 1.21. The molecule has 4 heteroatoms. The Labute approximate surface area is 102 Å². The third kappa shape index (κ3) is 1.89. The number of nitrogens with zero attached hydrogens (tertiary/aromatic N) is 3. The Morgan fingerprint density at radius 2 is 2.29 bits per heavy atom. The van der Waals surface area contributed by atoms with E-state index in [4.69, 9.17) is 0 Å². The standard InChI is InChI=1S/C13H21N3O/c1-3-15-8-11(7-14-15)13(17)6-10(2)16(9-13)12-4-5-12/h7-8,10,12,17H,3-6,9H2,1-2H3. The molecule has 2 heterocycles. The van der Waals surface area contributed by atoms with Gasteiger partial charge in [-0.3, -0.25) is 9.58 Å². The van der Waals surface area contributed by atoms with Crippen LogP contribution < -0.4 is 0 Å². The molecule has 1 aliphatic carbocycles. The lowest BCUT2D eigenvalue weighted by Crippen LogP contribution is -2.33. The van der Waals surface area contributed by atoms with Gasteiger partial charge in [0.2, 0.25) is 0 Å². The molecule has 94 valence electrons. The molecule has 3 rings (SSSR count). The van der Waals surface area contributed by atoms with Crippen LogP contribution in [0.25, 0.3) is 0 Å². The molecule has 1 aromatic rings. The van der Waals surface area contributed by atoms with Gasteiger partial charge in [-0.1, -0.05) is 0 Å². The highest BCUT2D eigenvalue weighted by Gasteiger charge is 2.47. The highest BCUT2D eigenvalue weighted by molar-refractivity contribution is 5.20. The predicted molar refractivity (Wildman–Crippen MR) is 65.6 cm³/mol. The Balaban J connectivity index is 1.81. The van der Waals surface area contributed by atoms with E-state index in [0.717, 1.165) is 31.1 Å². The minimum atomic E-state index is -0.685. The van der Waals surface area contributed by atoms with Gasteiger partial charge in [-0.05, 0) is 33.1 Å². The summed E-state index contributed by atoms with van der Waals surface area (Å²) in [7, 11) is 0. The molecule has 0 radical (unpaired) electrons. The molecule has 0 bridgehead atoms. The van der Waals surface area contributed by atoms with E-state index >= 15 is 0 Å². The summed E-state index contributed by atoms with van der Waals surface area (Å²) in [5, 5.41) is 15.1. The molecule has 17 heavy (non-hydrogen) atoms. The van der Waals surface area contributed by atoms with Gasteiger partial charge < -0.3 is 5.11 Å². The van der Waals surface area contributed by atoms with Crippen molar-refractivity contribution in [1.29, 1.82) is 0 Å². The topological polar surface area (TPSA) is 41.3 Å². The maximum absolute atomic E-state index is 10.8. The van der Waals surface area contributed by atoms with Crippen molar-refractivity contribution in [3.8, 4) is 0 Å². The third-order valence-corrected chi connectivity index (χ3v) is 4.15. The Bertz CT molecular complexity index is 413. The molecule has 0 aromatic carbocycles. The van der Waals surface area contributed by atoms with E-state index in [2.05, 4.69) is 23.8 Å². The van der Waals surface area contributed by atoms with Crippen LogP contribution in [-0.4, -0.2) is 38.4 Å². The molecule has 1 aromatic heterocycles. The van der Waals surface area contributed by atoms with Gasteiger partial charge in [0, 0.05) is 36.9 Å². The van der Waals surface area contributed by atoms with E-state index in [1.54, 1.807) is 0 Å². The highest BCUT2D eigenvalue weighted by atomic mass is 16.3. The van der Waals surface area contributed by atoms with Gasteiger partial charge in [-0.25, -0.2) is 0 Å². The van der Waals surface area contributed by atoms with Crippen molar-refractivity contribution < 1.29 is 5.11 Å². The zero-order valence-corrected chi connectivity index (χ0v) is 10.6. The van der Waals surface area contributed by atoms with E-state index in [1.165, 1.54) is 12.8 Å². The normalized spacial score (nSPS) is 34.4. The highest BCUT2D eigenvalue weighted by Crippen LogP contribution is 2.41. The molecule has 2 unspecified atom stereocenters. The molecule has 4 nitrogen and oxygen atoms in total. The second-order valence-corrected chi connectivity index (χ2v) is 5.57. The fourth-order valence-corrected chi connectivity index (χ4v) is 3.01. The molecule has 2 atom stereocenters. The largest absolute Gasteiger partial charge is 0.384 e. The van der Waals surface area contributed by atoms with Gasteiger partial charge in [-0.15, -0.1) is 0 Å². The van der Waals surface area contributed by atoms with Gasteiger partial charge in [0.1, 0.15) is 5.60 Å². The van der Waals surface area contributed by atoms with Gasteiger partial charge in [0.15, 0.2) is 0 Å². The van der Waals surface area contributed by atoms with E-state index in [9.17, 15) is 5.11 Å². The molecule has 1 N–H and O–H groups in total. The average molecular weight is 235 g/mol. The number of hydrogen-bond donors (Lipinski definition) is 1. The van der Waals surface area contributed by atoms with Crippen LogP contribution in [0.1, 0.15) is 38.7 Å². The first-order chi connectivity index (χ1) is 8.12. The van der Waals surface area contributed by atoms with E-state index in [0.29, 0.717) is 6.04 Å². The Morgan fingerprint density at radius 3 is 2.88 bits per heavy atom. The van der Waals surface area contributed by atoms with Crippen LogP contribution >= 0.6 is 0 Å². The van der Waals surface area contributed by atoms with Gasteiger partial charge in [0.05, 0.1) is 6.20 Å². The van der Waals surface area contributed by atoms with Crippen LogP contribution in [0.5, 0.6) is 0 Å². The minimum Gasteiger partial charge on any atom is -0.384 e. The summed E-state index contributed by atoms with van der Waals surface area (Å²) in [5.74, 6) is 0. The van der Waals surface area contributed by atoms with Gasteiger partial charge in [0.25, 0.3) is 0 Å². The number of aromatic nitrogens is 2. The lowest BCUT2D eigenvalue weighted by atomic mass is 9.94. The van der Waals surface area contributed by atoms with Crippen LogP contribution in [0.4, 0.5) is 0 Å². The zero-order chi connectivity index (χ0) is 12.0.